The highest BCUT2D eigenvalue weighted by Gasteiger charge is 2.09. The van der Waals surface area contributed by atoms with Crippen LogP contribution in [0, 0.1) is 5.92 Å². The number of rotatable bonds is 37. The van der Waals surface area contributed by atoms with Crippen molar-refractivity contribution in [1.82, 2.24) is 5.32 Å². The largest absolute Gasteiger partial charge is 0.493 e. The Labute approximate surface area is 290 Å². The minimum absolute atomic E-state index is 0.149. The van der Waals surface area contributed by atoms with Gasteiger partial charge in [0.15, 0.2) is 0 Å². The first-order valence-electron chi connectivity index (χ1n) is 19.7. The summed E-state index contributed by atoms with van der Waals surface area (Å²) in [6, 6.07) is 6.52. The fourth-order valence-corrected chi connectivity index (χ4v) is 5.64. The maximum absolute atomic E-state index is 8.73. The van der Waals surface area contributed by atoms with Crippen molar-refractivity contribution >= 4 is 0 Å². The Morgan fingerprint density at radius 1 is 0.553 bits per heavy atom. The summed E-state index contributed by atoms with van der Waals surface area (Å²) in [7, 11) is 0. The van der Waals surface area contributed by atoms with Crippen LogP contribution in [0.2, 0.25) is 0 Å². The molecule has 0 aromatic heterocycles. The summed E-state index contributed by atoms with van der Waals surface area (Å²) in [5.41, 5.74) is 1.32. The number of hydrogen-bond donors (Lipinski definition) is 2. The summed E-state index contributed by atoms with van der Waals surface area (Å²) in [5.74, 6) is 2.46. The van der Waals surface area contributed by atoms with E-state index in [9.17, 15) is 0 Å². The van der Waals surface area contributed by atoms with Gasteiger partial charge < -0.3 is 34.1 Å². The lowest BCUT2D eigenvalue weighted by atomic mass is 10.0. The number of aliphatic hydroxyl groups is 1. The van der Waals surface area contributed by atoms with Crippen LogP contribution in [0.3, 0.4) is 0 Å². The van der Waals surface area contributed by atoms with E-state index in [4.69, 9.17) is 28.8 Å². The van der Waals surface area contributed by atoms with Crippen molar-refractivity contribution in [3.8, 4) is 11.5 Å². The molecule has 0 saturated heterocycles. The summed E-state index contributed by atoms with van der Waals surface area (Å²) < 4.78 is 29.3. The van der Waals surface area contributed by atoms with Crippen molar-refractivity contribution in [3.05, 3.63) is 23.8 Å². The molecule has 1 rings (SSSR count). The first kappa shape index (κ1) is 43.6. The summed E-state index contributed by atoms with van der Waals surface area (Å²) in [6.07, 6.45) is 24.7. The first-order chi connectivity index (χ1) is 23.2. The molecule has 0 heterocycles. The number of benzene rings is 1. The van der Waals surface area contributed by atoms with Crippen LogP contribution in [-0.4, -0.2) is 77.7 Å². The van der Waals surface area contributed by atoms with Crippen molar-refractivity contribution in [2.75, 3.05) is 72.6 Å². The summed E-state index contributed by atoms with van der Waals surface area (Å²) >= 11 is 0. The van der Waals surface area contributed by atoms with Gasteiger partial charge in [-0.3, -0.25) is 0 Å². The van der Waals surface area contributed by atoms with Crippen molar-refractivity contribution in [2.45, 2.75) is 143 Å². The van der Waals surface area contributed by atoms with E-state index >= 15 is 0 Å². The maximum atomic E-state index is 8.73. The molecular weight excluding hydrogens is 590 g/mol. The van der Waals surface area contributed by atoms with Gasteiger partial charge in [-0.15, -0.1) is 0 Å². The smallest absolute Gasteiger partial charge is 0.123 e. The van der Waals surface area contributed by atoms with Gasteiger partial charge in [-0.2, -0.15) is 0 Å². The second-order valence-corrected chi connectivity index (χ2v) is 13.0. The first-order valence-corrected chi connectivity index (χ1v) is 19.7. The molecule has 0 amide bonds. The van der Waals surface area contributed by atoms with Crippen molar-refractivity contribution in [1.29, 1.82) is 0 Å². The zero-order chi connectivity index (χ0) is 33.9. The van der Waals surface area contributed by atoms with Gasteiger partial charge in [0.05, 0.1) is 52.9 Å². The minimum Gasteiger partial charge on any atom is -0.493 e. The predicted molar refractivity (Wildman–Crippen MR) is 197 cm³/mol. The van der Waals surface area contributed by atoms with Gasteiger partial charge in [0.1, 0.15) is 11.5 Å². The van der Waals surface area contributed by atoms with Crippen LogP contribution in [0.1, 0.15) is 142 Å². The van der Waals surface area contributed by atoms with E-state index in [1.165, 1.54) is 108 Å². The molecule has 47 heavy (non-hydrogen) atoms. The van der Waals surface area contributed by atoms with Gasteiger partial charge in [0.2, 0.25) is 0 Å². The van der Waals surface area contributed by atoms with Crippen molar-refractivity contribution < 1.29 is 28.8 Å². The topological polar surface area (TPSA) is 78.4 Å². The number of aryl methyl sites for hydroxylation is 1. The number of aliphatic hydroxyl groups excluding tert-OH is 1. The Morgan fingerprint density at radius 2 is 1.11 bits per heavy atom. The van der Waals surface area contributed by atoms with E-state index in [1.807, 2.05) is 0 Å². The molecule has 0 radical (unpaired) electrons. The molecule has 1 aromatic rings. The number of ether oxygens (including phenoxy) is 5. The van der Waals surface area contributed by atoms with E-state index in [-0.39, 0.29) is 6.61 Å². The molecule has 0 aliphatic carbocycles. The van der Waals surface area contributed by atoms with E-state index < -0.39 is 0 Å². The van der Waals surface area contributed by atoms with Crippen LogP contribution in [0.4, 0.5) is 0 Å². The van der Waals surface area contributed by atoms with Crippen LogP contribution < -0.4 is 14.8 Å². The Kier molecular flexibility index (Phi) is 32.0. The molecule has 276 valence electrons. The van der Waals surface area contributed by atoms with Crippen LogP contribution in [0.25, 0.3) is 0 Å². The molecular formula is C40H75NO6. The Morgan fingerprint density at radius 3 is 1.70 bits per heavy atom. The molecule has 0 aliphatic rings. The zero-order valence-electron chi connectivity index (χ0n) is 31.0. The third-order valence-electron chi connectivity index (χ3n) is 8.70. The average Bonchev–Trinajstić information content (AvgIpc) is 3.08. The molecule has 0 saturated carbocycles. The SMILES string of the molecule is CCCCCCCCCCCCCCCc1cc(OCCCOCCOCCOCCNCCO)cc(OCC(CC)CCCC)c1. The third-order valence-corrected chi connectivity index (χ3v) is 8.70. The molecule has 1 aromatic carbocycles. The second-order valence-electron chi connectivity index (χ2n) is 13.0. The highest BCUT2D eigenvalue weighted by molar-refractivity contribution is 5.38. The third kappa shape index (κ3) is 28.2. The van der Waals surface area contributed by atoms with Crippen LogP contribution >= 0.6 is 0 Å². The maximum Gasteiger partial charge on any atom is 0.123 e. The van der Waals surface area contributed by atoms with Crippen molar-refractivity contribution in [2.24, 2.45) is 5.92 Å². The lowest BCUT2D eigenvalue weighted by Gasteiger charge is -2.17. The Balaban J connectivity index is 2.31. The number of unbranched alkanes of at least 4 members (excludes halogenated alkanes) is 13. The lowest BCUT2D eigenvalue weighted by Crippen LogP contribution is -2.23. The van der Waals surface area contributed by atoms with Crippen LogP contribution in [0.5, 0.6) is 11.5 Å². The molecule has 7 nitrogen and oxygen atoms in total. The highest BCUT2D eigenvalue weighted by atomic mass is 16.5. The molecule has 7 heteroatoms. The van der Waals surface area contributed by atoms with Crippen molar-refractivity contribution in [3.63, 3.8) is 0 Å². The second kappa shape index (κ2) is 34.5. The fourth-order valence-electron chi connectivity index (χ4n) is 5.64. The monoisotopic (exact) mass is 666 g/mol. The summed E-state index contributed by atoms with van der Waals surface area (Å²) in [5, 5.41) is 11.8. The molecule has 0 bridgehead atoms. The van der Waals surface area contributed by atoms with Gasteiger partial charge in [-0.05, 0) is 42.9 Å². The lowest BCUT2D eigenvalue weighted by molar-refractivity contribution is 0.0132. The average molecular weight is 666 g/mol. The number of nitrogens with one attached hydrogen (secondary N) is 1. The summed E-state index contributed by atoms with van der Waals surface area (Å²) in [6.45, 7) is 13.2. The van der Waals surface area contributed by atoms with E-state index in [1.54, 1.807) is 0 Å². The molecule has 1 unspecified atom stereocenters. The summed E-state index contributed by atoms with van der Waals surface area (Å²) in [4.78, 5) is 0. The number of hydrogen-bond acceptors (Lipinski definition) is 7. The van der Waals surface area contributed by atoms with Gasteiger partial charge in [-0.25, -0.2) is 0 Å². The Bertz CT molecular complexity index is 779. The minimum atomic E-state index is 0.149. The van der Waals surface area contributed by atoms with Gasteiger partial charge in [0, 0.05) is 32.2 Å². The molecule has 0 fully saturated rings. The molecule has 1 atom stereocenters. The van der Waals surface area contributed by atoms with Gasteiger partial charge in [-0.1, -0.05) is 117 Å². The fraction of sp³-hybridized carbons (Fsp3) is 0.850. The highest BCUT2D eigenvalue weighted by Crippen LogP contribution is 2.26. The van der Waals surface area contributed by atoms with Gasteiger partial charge in [0.25, 0.3) is 0 Å². The molecule has 2 N–H and O–H groups in total. The quantitative estimate of drug-likeness (QED) is 0.0686. The van der Waals surface area contributed by atoms with Crippen LogP contribution in [0.15, 0.2) is 18.2 Å². The Hall–Kier alpha value is -1.38. The normalized spacial score (nSPS) is 12.1. The predicted octanol–water partition coefficient (Wildman–Crippen LogP) is 9.32. The standard InChI is InChI=1S/C40H75NO6/c1-4-7-9-10-11-12-13-14-15-16-17-18-19-22-38-33-39(35-40(34-38)47-36-37(6-3)21-8-5-2)46-27-20-26-43-29-31-45-32-30-44-28-24-41-23-25-42/h33-35,37,41-42H,4-32,36H2,1-3H3. The zero-order valence-corrected chi connectivity index (χ0v) is 31.0. The van der Waals surface area contributed by atoms with E-state index in [0.29, 0.717) is 58.7 Å². The van der Waals surface area contributed by atoms with Crippen LogP contribution in [-0.2, 0) is 20.6 Å². The molecule has 0 aliphatic heterocycles. The van der Waals surface area contributed by atoms with E-state index in [2.05, 4.69) is 44.3 Å². The van der Waals surface area contributed by atoms with Gasteiger partial charge >= 0.3 is 0 Å². The molecule has 0 spiro atoms. The van der Waals surface area contributed by atoms with E-state index in [0.717, 1.165) is 43.9 Å².